The normalized spacial score (nSPS) is 12.8. The highest BCUT2D eigenvalue weighted by molar-refractivity contribution is 7.13. The second kappa shape index (κ2) is 7.86. The maximum absolute atomic E-state index is 13.3. The largest absolute Gasteiger partial charge is 0.327 e. The first-order valence-electron chi connectivity index (χ1n) is 10.8. The van der Waals surface area contributed by atoms with E-state index in [1.807, 2.05) is 75.9 Å². The summed E-state index contributed by atoms with van der Waals surface area (Å²) in [6.45, 7) is 3.05. The zero-order chi connectivity index (χ0) is 22.4. The van der Waals surface area contributed by atoms with Crippen LogP contribution in [0.4, 0.5) is 0 Å². The van der Waals surface area contributed by atoms with Crippen molar-refractivity contribution in [3.63, 3.8) is 0 Å². The first-order chi connectivity index (χ1) is 16.2. The van der Waals surface area contributed by atoms with Crippen LogP contribution in [0.2, 0.25) is 0 Å². The minimum absolute atomic E-state index is 0.0630. The lowest BCUT2D eigenvalue weighted by Gasteiger charge is -2.16. The summed E-state index contributed by atoms with van der Waals surface area (Å²) in [7, 11) is 0. The van der Waals surface area contributed by atoms with Gasteiger partial charge in [0.1, 0.15) is 16.5 Å². The Bertz CT molecular complexity index is 1450. The average molecular weight is 452 g/mol. The summed E-state index contributed by atoms with van der Waals surface area (Å²) < 4.78 is 4.05. The fourth-order valence-electron chi connectivity index (χ4n) is 4.27. The number of hydrogen-bond donors (Lipinski definition) is 0. The molecule has 0 saturated carbocycles. The first kappa shape index (κ1) is 19.7. The molecule has 0 spiro atoms. The Kier molecular flexibility index (Phi) is 4.69. The first-order valence-corrected chi connectivity index (χ1v) is 11.7. The van der Waals surface area contributed by atoms with Gasteiger partial charge in [-0.25, -0.2) is 9.67 Å². The maximum Gasteiger partial charge on any atom is 0.274 e. The van der Waals surface area contributed by atoms with Crippen LogP contribution in [0.25, 0.3) is 22.1 Å². The van der Waals surface area contributed by atoms with Gasteiger partial charge < -0.3 is 9.47 Å². The van der Waals surface area contributed by atoms with Crippen LogP contribution < -0.4 is 0 Å². The lowest BCUT2D eigenvalue weighted by molar-refractivity contribution is 0.0744. The molecule has 1 amide bonds. The van der Waals surface area contributed by atoms with Crippen molar-refractivity contribution in [3.05, 3.63) is 107 Å². The fraction of sp³-hybridized carbons (Fsp3) is 0.115. The van der Waals surface area contributed by atoms with Gasteiger partial charge in [0, 0.05) is 28.9 Å². The van der Waals surface area contributed by atoms with Gasteiger partial charge in [0.15, 0.2) is 0 Å². The molecule has 4 heterocycles. The van der Waals surface area contributed by atoms with Gasteiger partial charge >= 0.3 is 0 Å². The van der Waals surface area contributed by atoms with Gasteiger partial charge in [0.25, 0.3) is 5.91 Å². The van der Waals surface area contributed by atoms with E-state index in [2.05, 4.69) is 34.7 Å². The van der Waals surface area contributed by atoms with Crippen LogP contribution in [0.5, 0.6) is 0 Å². The predicted octanol–water partition coefficient (Wildman–Crippen LogP) is 5.25. The van der Waals surface area contributed by atoms with Crippen molar-refractivity contribution < 1.29 is 4.79 Å². The van der Waals surface area contributed by atoms with Gasteiger partial charge in [-0.05, 0) is 36.8 Å². The quantitative estimate of drug-likeness (QED) is 0.375. The lowest BCUT2D eigenvalue weighted by atomic mass is 10.2. The molecule has 0 radical (unpaired) electrons. The van der Waals surface area contributed by atoms with Crippen molar-refractivity contribution in [1.82, 2.24) is 24.2 Å². The fourth-order valence-corrected chi connectivity index (χ4v) is 5.07. The maximum atomic E-state index is 13.3. The second-order valence-electron chi connectivity index (χ2n) is 8.16. The smallest absolute Gasteiger partial charge is 0.274 e. The highest BCUT2D eigenvalue weighted by Crippen LogP contribution is 2.32. The molecule has 0 saturated heterocycles. The molecule has 0 bridgehead atoms. The summed E-state index contributed by atoms with van der Waals surface area (Å²) in [6, 6.07) is 22.3. The molecular formula is C26H21N5OS. The molecule has 0 unspecified atom stereocenters. The monoisotopic (exact) mass is 451 g/mol. The molecule has 3 aromatic heterocycles. The van der Waals surface area contributed by atoms with Crippen molar-refractivity contribution in [2.45, 2.75) is 20.0 Å². The van der Waals surface area contributed by atoms with Crippen LogP contribution in [-0.2, 0) is 13.1 Å². The molecule has 5 aromatic rings. The minimum atomic E-state index is -0.0630. The molecule has 0 N–H and O–H groups in total. The summed E-state index contributed by atoms with van der Waals surface area (Å²) in [5.74, 6) is 0.908. The number of nitrogens with zero attached hydrogens (tertiary/aromatic N) is 5. The molecule has 7 heteroatoms. The number of rotatable bonds is 4. The van der Waals surface area contributed by atoms with Crippen LogP contribution in [0.15, 0.2) is 84.5 Å². The Balaban J connectivity index is 1.33. The van der Waals surface area contributed by atoms with E-state index in [9.17, 15) is 4.79 Å². The van der Waals surface area contributed by atoms with Crippen molar-refractivity contribution in [1.29, 1.82) is 0 Å². The zero-order valence-electron chi connectivity index (χ0n) is 18.0. The number of carbonyl (C=O) groups excluding carboxylic acids is 1. The predicted molar refractivity (Wildman–Crippen MR) is 129 cm³/mol. The Morgan fingerprint density at radius 1 is 0.970 bits per heavy atom. The van der Waals surface area contributed by atoms with Gasteiger partial charge in [-0.3, -0.25) is 4.79 Å². The highest BCUT2D eigenvalue weighted by atomic mass is 32.1. The summed E-state index contributed by atoms with van der Waals surface area (Å²) in [4.78, 5) is 19.7. The number of amides is 1. The van der Waals surface area contributed by atoms with E-state index in [0.717, 1.165) is 33.3 Å². The van der Waals surface area contributed by atoms with Crippen LogP contribution in [-0.4, -0.2) is 30.1 Å². The van der Waals surface area contributed by atoms with Crippen LogP contribution in [0.3, 0.4) is 0 Å². The van der Waals surface area contributed by atoms with Gasteiger partial charge in [0.05, 0.1) is 24.5 Å². The molecule has 1 aliphatic rings. The number of aryl methyl sites for hydroxylation is 1. The van der Waals surface area contributed by atoms with Gasteiger partial charge in [-0.15, -0.1) is 11.3 Å². The van der Waals surface area contributed by atoms with E-state index in [1.54, 1.807) is 0 Å². The number of fused-ring (bicyclic) bond motifs is 1. The molecule has 0 aliphatic carbocycles. The molecular weight excluding hydrogens is 430 g/mol. The Morgan fingerprint density at radius 2 is 1.79 bits per heavy atom. The van der Waals surface area contributed by atoms with Crippen molar-refractivity contribution in [3.8, 4) is 22.1 Å². The summed E-state index contributed by atoms with van der Waals surface area (Å²) >= 11 is 1.50. The third kappa shape index (κ3) is 3.47. The zero-order valence-corrected chi connectivity index (χ0v) is 18.9. The molecule has 6 rings (SSSR count). The third-order valence-corrected chi connectivity index (χ3v) is 6.75. The Morgan fingerprint density at radius 3 is 2.58 bits per heavy atom. The van der Waals surface area contributed by atoms with Gasteiger partial charge in [-0.1, -0.05) is 42.5 Å². The number of aromatic nitrogens is 4. The summed E-state index contributed by atoms with van der Waals surface area (Å²) in [6.07, 6.45) is 4.03. The van der Waals surface area contributed by atoms with E-state index in [-0.39, 0.29) is 5.91 Å². The van der Waals surface area contributed by atoms with Crippen LogP contribution >= 0.6 is 11.3 Å². The van der Waals surface area contributed by atoms with Gasteiger partial charge in [-0.2, -0.15) is 5.10 Å². The molecule has 162 valence electrons. The number of thiazole rings is 1. The molecule has 0 fully saturated rings. The topological polar surface area (TPSA) is 56.0 Å². The lowest BCUT2D eigenvalue weighted by Crippen LogP contribution is -2.26. The van der Waals surface area contributed by atoms with Gasteiger partial charge in [0.2, 0.25) is 0 Å². The van der Waals surface area contributed by atoms with E-state index in [0.29, 0.717) is 18.8 Å². The molecule has 0 atom stereocenters. The SMILES string of the molecule is Cc1cccc(-n2nc3c(c2-n2cccc2)CN(C(=O)c2csc(-c4ccccc4)n2)C3)c1. The van der Waals surface area contributed by atoms with E-state index in [1.165, 1.54) is 16.9 Å². The molecule has 2 aromatic carbocycles. The highest BCUT2D eigenvalue weighted by Gasteiger charge is 2.32. The number of hydrogen-bond acceptors (Lipinski definition) is 4. The standard InChI is InChI=1S/C26H21N5OS/c1-18-8-7-11-20(14-18)31-25(29-12-5-6-13-29)21-15-30(16-22(21)28-31)26(32)23-17-33-24(27-23)19-9-3-2-4-10-19/h2-14,17H,15-16H2,1H3. The number of carbonyl (C=O) groups is 1. The summed E-state index contributed by atoms with van der Waals surface area (Å²) in [5.41, 5.74) is 5.69. The average Bonchev–Trinajstić information content (AvgIpc) is 3.63. The van der Waals surface area contributed by atoms with Crippen LogP contribution in [0, 0.1) is 6.92 Å². The second-order valence-corrected chi connectivity index (χ2v) is 9.01. The number of benzene rings is 2. The molecule has 6 nitrogen and oxygen atoms in total. The van der Waals surface area contributed by atoms with Crippen molar-refractivity contribution >= 4 is 17.2 Å². The van der Waals surface area contributed by atoms with Crippen molar-refractivity contribution in [2.75, 3.05) is 0 Å². The summed E-state index contributed by atoms with van der Waals surface area (Å²) in [5, 5.41) is 7.62. The molecule has 1 aliphatic heterocycles. The van der Waals surface area contributed by atoms with E-state index in [4.69, 9.17) is 5.10 Å². The van der Waals surface area contributed by atoms with Crippen molar-refractivity contribution in [2.24, 2.45) is 0 Å². The minimum Gasteiger partial charge on any atom is -0.327 e. The Hall–Kier alpha value is -3.97. The third-order valence-electron chi connectivity index (χ3n) is 5.86. The Labute approximate surface area is 195 Å². The van der Waals surface area contributed by atoms with E-state index < -0.39 is 0 Å². The van der Waals surface area contributed by atoms with E-state index >= 15 is 0 Å². The molecule has 33 heavy (non-hydrogen) atoms. The van der Waals surface area contributed by atoms with Crippen LogP contribution in [0.1, 0.15) is 27.3 Å².